The molecule has 0 bridgehead atoms. The van der Waals surface area contributed by atoms with Crippen LogP contribution in [0, 0.1) is 5.41 Å². The largest absolute Gasteiger partial charge is 0.333 e. The Morgan fingerprint density at radius 1 is 1.21 bits per heavy atom. The summed E-state index contributed by atoms with van der Waals surface area (Å²) in [7, 11) is 0. The van der Waals surface area contributed by atoms with Gasteiger partial charge < -0.3 is 9.88 Å². The molecule has 1 aromatic heterocycles. The lowest BCUT2D eigenvalue weighted by atomic mass is 9.75. The van der Waals surface area contributed by atoms with Crippen LogP contribution in [0.4, 0.5) is 0 Å². The van der Waals surface area contributed by atoms with Gasteiger partial charge in [-0.3, -0.25) is 0 Å². The maximum Gasteiger partial charge on any atom is 0.0949 e. The molecule has 0 amide bonds. The van der Waals surface area contributed by atoms with E-state index in [1.54, 1.807) is 0 Å². The molecule has 2 aliphatic carbocycles. The van der Waals surface area contributed by atoms with Crippen LogP contribution >= 0.6 is 0 Å². The van der Waals surface area contributed by atoms with E-state index in [1.807, 2.05) is 12.5 Å². The summed E-state index contributed by atoms with van der Waals surface area (Å²) in [5, 5.41) is 3.96. The normalized spacial score (nSPS) is 34.5. The van der Waals surface area contributed by atoms with Crippen LogP contribution in [-0.4, -0.2) is 21.6 Å². The molecule has 2 fully saturated rings. The van der Waals surface area contributed by atoms with E-state index in [2.05, 4.69) is 34.9 Å². The van der Waals surface area contributed by atoms with Crippen molar-refractivity contribution in [1.29, 1.82) is 0 Å². The predicted octanol–water partition coefficient (Wildman–Crippen LogP) is 3.54. The van der Waals surface area contributed by atoms with E-state index >= 15 is 0 Å². The van der Waals surface area contributed by atoms with Gasteiger partial charge in [-0.25, -0.2) is 4.98 Å². The highest BCUT2D eigenvalue weighted by molar-refractivity contribution is 4.94. The topological polar surface area (TPSA) is 29.9 Å². The molecule has 0 aromatic carbocycles. The second-order valence-corrected chi connectivity index (χ2v) is 7.24. The van der Waals surface area contributed by atoms with Crippen molar-refractivity contribution in [3.8, 4) is 0 Å². The zero-order valence-electron chi connectivity index (χ0n) is 12.3. The van der Waals surface area contributed by atoms with Crippen LogP contribution in [0.15, 0.2) is 18.7 Å². The zero-order valence-corrected chi connectivity index (χ0v) is 12.3. The summed E-state index contributed by atoms with van der Waals surface area (Å²) in [5.41, 5.74) is 0.527. The summed E-state index contributed by atoms with van der Waals surface area (Å²) >= 11 is 0. The molecule has 2 aliphatic rings. The van der Waals surface area contributed by atoms with Gasteiger partial charge in [-0.15, -0.1) is 0 Å². The monoisotopic (exact) mass is 261 g/mol. The Hall–Kier alpha value is -0.830. The van der Waals surface area contributed by atoms with Crippen molar-refractivity contribution in [2.24, 2.45) is 5.41 Å². The van der Waals surface area contributed by atoms with Gasteiger partial charge in [0.25, 0.3) is 0 Å². The fourth-order valence-electron chi connectivity index (χ4n) is 4.10. The summed E-state index contributed by atoms with van der Waals surface area (Å²) in [6.45, 7) is 4.84. The van der Waals surface area contributed by atoms with Gasteiger partial charge in [0.05, 0.1) is 6.33 Å². The molecule has 1 aromatic rings. The number of hydrogen-bond acceptors (Lipinski definition) is 2. The average molecular weight is 261 g/mol. The van der Waals surface area contributed by atoms with Gasteiger partial charge in [0.1, 0.15) is 0 Å². The molecule has 106 valence electrons. The van der Waals surface area contributed by atoms with E-state index in [9.17, 15) is 0 Å². The first-order valence-corrected chi connectivity index (χ1v) is 7.88. The van der Waals surface area contributed by atoms with Crippen molar-refractivity contribution in [2.75, 3.05) is 0 Å². The Morgan fingerprint density at radius 2 is 2.11 bits per heavy atom. The van der Waals surface area contributed by atoms with Gasteiger partial charge in [0, 0.05) is 30.5 Å². The molecular weight excluding hydrogens is 234 g/mol. The summed E-state index contributed by atoms with van der Waals surface area (Å²) in [6.07, 6.45) is 15.4. The van der Waals surface area contributed by atoms with Gasteiger partial charge in [0.15, 0.2) is 0 Å². The van der Waals surface area contributed by atoms with E-state index in [4.69, 9.17) is 0 Å². The Morgan fingerprint density at radius 3 is 2.84 bits per heavy atom. The highest BCUT2D eigenvalue weighted by Crippen LogP contribution is 2.37. The lowest BCUT2D eigenvalue weighted by molar-refractivity contribution is 0.182. The maximum atomic E-state index is 4.21. The molecule has 3 nitrogen and oxygen atoms in total. The number of nitrogens with zero attached hydrogens (tertiary/aromatic N) is 2. The molecule has 3 heteroatoms. The van der Waals surface area contributed by atoms with Gasteiger partial charge in [0.2, 0.25) is 0 Å². The first kappa shape index (κ1) is 13.2. The lowest BCUT2D eigenvalue weighted by Gasteiger charge is -2.38. The molecule has 2 saturated carbocycles. The second kappa shape index (κ2) is 5.28. The van der Waals surface area contributed by atoms with Crippen molar-refractivity contribution < 1.29 is 0 Å². The SMILES string of the molecule is CC1(C)CCCC(NC2CCCC2n2ccnc2)C1. The van der Waals surface area contributed by atoms with Crippen LogP contribution in [0.2, 0.25) is 0 Å². The minimum absolute atomic E-state index is 0.527. The van der Waals surface area contributed by atoms with E-state index in [0.717, 1.165) is 6.04 Å². The predicted molar refractivity (Wildman–Crippen MR) is 78.1 cm³/mol. The average Bonchev–Trinajstić information content (AvgIpc) is 2.96. The summed E-state index contributed by atoms with van der Waals surface area (Å²) < 4.78 is 2.30. The molecule has 0 radical (unpaired) electrons. The van der Waals surface area contributed by atoms with Crippen LogP contribution in [0.3, 0.4) is 0 Å². The fourth-order valence-corrected chi connectivity index (χ4v) is 4.10. The zero-order chi connectivity index (χ0) is 13.3. The van der Waals surface area contributed by atoms with Gasteiger partial charge >= 0.3 is 0 Å². The van der Waals surface area contributed by atoms with Crippen LogP contribution < -0.4 is 5.32 Å². The summed E-state index contributed by atoms with van der Waals surface area (Å²) in [4.78, 5) is 4.21. The van der Waals surface area contributed by atoms with Gasteiger partial charge in [-0.1, -0.05) is 20.3 Å². The quantitative estimate of drug-likeness (QED) is 0.902. The van der Waals surface area contributed by atoms with Gasteiger partial charge in [-0.05, 0) is 43.9 Å². The second-order valence-electron chi connectivity index (χ2n) is 7.24. The molecule has 3 unspecified atom stereocenters. The third-order valence-corrected chi connectivity index (χ3v) is 5.04. The number of nitrogens with one attached hydrogen (secondary N) is 1. The molecule has 0 aliphatic heterocycles. The number of imidazole rings is 1. The molecule has 0 saturated heterocycles. The molecule has 1 heterocycles. The van der Waals surface area contributed by atoms with Crippen molar-refractivity contribution in [3.05, 3.63) is 18.7 Å². The van der Waals surface area contributed by atoms with Crippen LogP contribution in [0.1, 0.15) is 64.8 Å². The first-order chi connectivity index (χ1) is 9.14. The summed E-state index contributed by atoms with van der Waals surface area (Å²) in [6, 6.07) is 1.98. The third kappa shape index (κ3) is 3.02. The summed E-state index contributed by atoms with van der Waals surface area (Å²) in [5.74, 6) is 0. The van der Waals surface area contributed by atoms with Crippen LogP contribution in [0.25, 0.3) is 0 Å². The van der Waals surface area contributed by atoms with E-state index in [-0.39, 0.29) is 0 Å². The third-order valence-electron chi connectivity index (χ3n) is 5.04. The van der Waals surface area contributed by atoms with Crippen molar-refractivity contribution in [3.63, 3.8) is 0 Å². The Balaban J connectivity index is 1.62. The highest BCUT2D eigenvalue weighted by atomic mass is 15.1. The number of rotatable bonds is 3. The molecule has 3 rings (SSSR count). The fraction of sp³-hybridized carbons (Fsp3) is 0.812. The van der Waals surface area contributed by atoms with Crippen LogP contribution in [-0.2, 0) is 0 Å². The number of aromatic nitrogens is 2. The molecule has 1 N–H and O–H groups in total. The van der Waals surface area contributed by atoms with E-state index in [0.29, 0.717) is 17.5 Å². The van der Waals surface area contributed by atoms with Crippen molar-refractivity contribution in [1.82, 2.24) is 14.9 Å². The van der Waals surface area contributed by atoms with Crippen molar-refractivity contribution >= 4 is 0 Å². The number of hydrogen-bond donors (Lipinski definition) is 1. The van der Waals surface area contributed by atoms with E-state index in [1.165, 1.54) is 44.9 Å². The standard InChI is InChI=1S/C16H27N3/c1-16(2)8-4-5-13(11-16)18-14-6-3-7-15(14)19-10-9-17-12-19/h9-10,12-15,18H,3-8,11H2,1-2H3. The Bertz CT molecular complexity index is 396. The molecular formula is C16H27N3. The minimum atomic E-state index is 0.527. The maximum absolute atomic E-state index is 4.21. The highest BCUT2D eigenvalue weighted by Gasteiger charge is 2.33. The minimum Gasteiger partial charge on any atom is -0.333 e. The Kier molecular flexibility index (Phi) is 3.66. The molecule has 0 spiro atoms. The Labute approximate surface area is 116 Å². The molecule has 3 atom stereocenters. The van der Waals surface area contributed by atoms with Gasteiger partial charge in [-0.2, -0.15) is 0 Å². The lowest BCUT2D eigenvalue weighted by Crippen LogP contribution is -2.44. The molecule has 19 heavy (non-hydrogen) atoms. The van der Waals surface area contributed by atoms with Crippen LogP contribution in [0.5, 0.6) is 0 Å². The first-order valence-electron chi connectivity index (χ1n) is 7.88. The smallest absolute Gasteiger partial charge is 0.0949 e. The van der Waals surface area contributed by atoms with E-state index < -0.39 is 0 Å². The van der Waals surface area contributed by atoms with Crippen molar-refractivity contribution in [2.45, 2.75) is 76.9 Å².